The van der Waals surface area contributed by atoms with Crippen LogP contribution in [-0.4, -0.2) is 10.1 Å². The van der Waals surface area contributed by atoms with Gasteiger partial charge in [-0.25, -0.2) is 0 Å². The van der Waals surface area contributed by atoms with Gasteiger partial charge in [0.05, 0.1) is 0 Å². The summed E-state index contributed by atoms with van der Waals surface area (Å²) in [6.45, 7) is 3.67. The van der Waals surface area contributed by atoms with Crippen LogP contribution in [0, 0.1) is 6.92 Å². The van der Waals surface area contributed by atoms with Gasteiger partial charge in [-0.05, 0) is 31.5 Å². The van der Waals surface area contributed by atoms with E-state index in [1.165, 1.54) is 0 Å². The standard InChI is InChI=1S/C14H14ClNO/c1-10-7-11(9-16-8-10)14(2,17)12-5-3-4-6-13(12)15/h3-9,17H,1-2H3. The fourth-order valence-electron chi connectivity index (χ4n) is 1.83. The molecule has 0 aliphatic heterocycles. The van der Waals surface area contributed by atoms with Crippen molar-refractivity contribution in [2.24, 2.45) is 0 Å². The molecule has 0 aliphatic carbocycles. The lowest BCUT2D eigenvalue weighted by atomic mass is 9.89. The lowest BCUT2D eigenvalue weighted by Crippen LogP contribution is -2.23. The third-order valence-electron chi connectivity index (χ3n) is 2.84. The minimum absolute atomic E-state index is 0.555. The summed E-state index contributed by atoms with van der Waals surface area (Å²) in [4.78, 5) is 4.10. The van der Waals surface area contributed by atoms with Crippen molar-refractivity contribution in [3.63, 3.8) is 0 Å². The highest BCUT2D eigenvalue weighted by atomic mass is 35.5. The van der Waals surface area contributed by atoms with Crippen LogP contribution >= 0.6 is 11.6 Å². The minimum Gasteiger partial charge on any atom is -0.381 e. The Morgan fingerprint density at radius 3 is 2.59 bits per heavy atom. The van der Waals surface area contributed by atoms with Gasteiger partial charge in [0.1, 0.15) is 5.60 Å². The highest BCUT2D eigenvalue weighted by Gasteiger charge is 2.28. The van der Waals surface area contributed by atoms with E-state index in [1.54, 1.807) is 25.4 Å². The second-order valence-corrected chi connectivity index (χ2v) is 4.71. The molecule has 3 heteroatoms. The lowest BCUT2D eigenvalue weighted by molar-refractivity contribution is 0.102. The number of benzene rings is 1. The largest absolute Gasteiger partial charge is 0.381 e. The number of rotatable bonds is 2. The molecule has 0 radical (unpaired) electrons. The van der Waals surface area contributed by atoms with E-state index in [1.807, 2.05) is 31.2 Å². The molecule has 0 spiro atoms. The molecule has 17 heavy (non-hydrogen) atoms. The first-order chi connectivity index (χ1) is 8.01. The first-order valence-electron chi connectivity index (χ1n) is 5.41. The molecule has 2 nitrogen and oxygen atoms in total. The van der Waals surface area contributed by atoms with E-state index in [0.29, 0.717) is 10.6 Å². The maximum absolute atomic E-state index is 10.6. The summed E-state index contributed by atoms with van der Waals surface area (Å²) < 4.78 is 0. The number of nitrogens with zero attached hydrogens (tertiary/aromatic N) is 1. The Morgan fingerprint density at radius 2 is 1.94 bits per heavy atom. The fourth-order valence-corrected chi connectivity index (χ4v) is 2.15. The van der Waals surface area contributed by atoms with Gasteiger partial charge in [0.25, 0.3) is 0 Å². The topological polar surface area (TPSA) is 33.1 Å². The van der Waals surface area contributed by atoms with E-state index in [9.17, 15) is 5.11 Å². The summed E-state index contributed by atoms with van der Waals surface area (Å²) in [6.07, 6.45) is 3.42. The van der Waals surface area contributed by atoms with Crippen molar-refractivity contribution < 1.29 is 5.11 Å². The Morgan fingerprint density at radius 1 is 1.24 bits per heavy atom. The smallest absolute Gasteiger partial charge is 0.115 e. The molecule has 0 amide bonds. The molecule has 1 aromatic carbocycles. The van der Waals surface area contributed by atoms with Crippen LogP contribution in [0.5, 0.6) is 0 Å². The summed E-state index contributed by atoms with van der Waals surface area (Å²) in [6, 6.07) is 9.21. The van der Waals surface area contributed by atoms with E-state index in [2.05, 4.69) is 4.98 Å². The quantitative estimate of drug-likeness (QED) is 0.883. The van der Waals surface area contributed by atoms with Crippen molar-refractivity contribution in [3.05, 3.63) is 64.4 Å². The van der Waals surface area contributed by atoms with Crippen molar-refractivity contribution in [1.29, 1.82) is 0 Å². The van der Waals surface area contributed by atoms with Crippen LogP contribution in [0.15, 0.2) is 42.7 Å². The van der Waals surface area contributed by atoms with Crippen molar-refractivity contribution in [2.45, 2.75) is 19.4 Å². The normalized spacial score (nSPS) is 14.4. The average molecular weight is 248 g/mol. The third kappa shape index (κ3) is 2.33. The van der Waals surface area contributed by atoms with E-state index >= 15 is 0 Å². The summed E-state index contributed by atoms with van der Waals surface area (Å²) in [7, 11) is 0. The zero-order valence-corrected chi connectivity index (χ0v) is 10.6. The van der Waals surface area contributed by atoms with Gasteiger partial charge in [0.2, 0.25) is 0 Å². The predicted octanol–water partition coefficient (Wildman–Crippen LogP) is 3.30. The van der Waals surface area contributed by atoms with E-state index in [0.717, 1.165) is 11.1 Å². The van der Waals surface area contributed by atoms with Crippen LogP contribution in [-0.2, 0) is 5.60 Å². The Labute approximate surface area is 106 Å². The molecule has 0 saturated heterocycles. The van der Waals surface area contributed by atoms with Gasteiger partial charge in [0, 0.05) is 28.5 Å². The summed E-state index contributed by atoms with van der Waals surface area (Å²) in [5.41, 5.74) is 1.31. The highest BCUT2D eigenvalue weighted by molar-refractivity contribution is 6.31. The van der Waals surface area contributed by atoms with E-state index < -0.39 is 5.60 Å². The van der Waals surface area contributed by atoms with Crippen molar-refractivity contribution >= 4 is 11.6 Å². The molecule has 88 valence electrons. The maximum atomic E-state index is 10.6. The van der Waals surface area contributed by atoms with Crippen LogP contribution in [0.4, 0.5) is 0 Å². The lowest BCUT2D eigenvalue weighted by Gasteiger charge is -2.25. The first-order valence-corrected chi connectivity index (χ1v) is 5.79. The summed E-state index contributed by atoms with van der Waals surface area (Å²) >= 11 is 6.12. The Bertz CT molecular complexity index is 537. The number of halogens is 1. The highest BCUT2D eigenvalue weighted by Crippen LogP contribution is 2.33. The number of aryl methyl sites for hydroxylation is 1. The second-order valence-electron chi connectivity index (χ2n) is 4.30. The van der Waals surface area contributed by atoms with Gasteiger partial charge in [-0.1, -0.05) is 29.8 Å². The van der Waals surface area contributed by atoms with E-state index in [4.69, 9.17) is 11.6 Å². The van der Waals surface area contributed by atoms with Gasteiger partial charge >= 0.3 is 0 Å². The molecule has 1 heterocycles. The van der Waals surface area contributed by atoms with Crippen LogP contribution in [0.3, 0.4) is 0 Å². The minimum atomic E-state index is -1.13. The molecular formula is C14H14ClNO. The van der Waals surface area contributed by atoms with Crippen LogP contribution in [0.1, 0.15) is 23.6 Å². The first kappa shape index (κ1) is 12.1. The van der Waals surface area contributed by atoms with Crippen molar-refractivity contribution in [1.82, 2.24) is 4.98 Å². The van der Waals surface area contributed by atoms with Crippen LogP contribution in [0.25, 0.3) is 0 Å². The maximum Gasteiger partial charge on any atom is 0.115 e. The van der Waals surface area contributed by atoms with Gasteiger partial charge in [-0.2, -0.15) is 0 Å². The average Bonchev–Trinajstić information content (AvgIpc) is 2.29. The molecule has 1 unspecified atom stereocenters. The molecular weight excluding hydrogens is 234 g/mol. The third-order valence-corrected chi connectivity index (χ3v) is 3.16. The Hall–Kier alpha value is -1.38. The second kappa shape index (κ2) is 4.47. The SMILES string of the molecule is Cc1cncc(C(C)(O)c2ccccc2Cl)c1. The monoisotopic (exact) mass is 247 g/mol. The zero-order chi connectivity index (χ0) is 12.5. The Kier molecular flexibility index (Phi) is 3.18. The van der Waals surface area contributed by atoms with Crippen LogP contribution in [0.2, 0.25) is 5.02 Å². The van der Waals surface area contributed by atoms with Gasteiger partial charge in [-0.3, -0.25) is 4.98 Å². The van der Waals surface area contributed by atoms with Crippen LogP contribution < -0.4 is 0 Å². The molecule has 0 saturated carbocycles. The molecule has 1 N–H and O–H groups in total. The number of aromatic nitrogens is 1. The fraction of sp³-hybridized carbons (Fsp3) is 0.214. The number of hydrogen-bond acceptors (Lipinski definition) is 2. The van der Waals surface area contributed by atoms with Crippen molar-refractivity contribution in [3.8, 4) is 0 Å². The molecule has 0 aliphatic rings. The molecule has 1 aromatic heterocycles. The van der Waals surface area contributed by atoms with Gasteiger partial charge < -0.3 is 5.11 Å². The molecule has 0 fully saturated rings. The summed E-state index contributed by atoms with van der Waals surface area (Å²) in [5.74, 6) is 0. The van der Waals surface area contributed by atoms with Gasteiger partial charge in [0.15, 0.2) is 0 Å². The zero-order valence-electron chi connectivity index (χ0n) is 9.81. The summed E-state index contributed by atoms with van der Waals surface area (Å²) in [5, 5.41) is 11.2. The number of aliphatic hydroxyl groups is 1. The van der Waals surface area contributed by atoms with E-state index in [-0.39, 0.29) is 0 Å². The molecule has 1 atom stereocenters. The van der Waals surface area contributed by atoms with Crippen molar-refractivity contribution in [2.75, 3.05) is 0 Å². The molecule has 2 rings (SSSR count). The molecule has 2 aromatic rings. The molecule has 0 bridgehead atoms. The van der Waals surface area contributed by atoms with Gasteiger partial charge in [-0.15, -0.1) is 0 Å². The number of hydrogen-bond donors (Lipinski definition) is 1. The predicted molar refractivity (Wildman–Crippen MR) is 69.1 cm³/mol. The Balaban J connectivity index is 2.53. The number of pyridine rings is 1.